The first-order chi connectivity index (χ1) is 10.5. The zero-order valence-corrected chi connectivity index (χ0v) is 13.2. The number of anilines is 1. The van der Waals surface area contributed by atoms with E-state index in [-0.39, 0.29) is 5.69 Å². The van der Waals surface area contributed by atoms with Crippen LogP contribution in [0.3, 0.4) is 0 Å². The lowest BCUT2D eigenvalue weighted by Crippen LogP contribution is -2.30. The van der Waals surface area contributed by atoms with Crippen molar-refractivity contribution in [3.63, 3.8) is 0 Å². The molecule has 0 saturated heterocycles. The lowest BCUT2D eigenvalue weighted by Gasteiger charge is -2.20. The molecule has 0 aliphatic heterocycles. The number of aryl methyl sites for hydroxylation is 1. The van der Waals surface area contributed by atoms with E-state index in [2.05, 4.69) is 10.4 Å². The summed E-state index contributed by atoms with van der Waals surface area (Å²) in [6.45, 7) is 3.45. The predicted molar refractivity (Wildman–Crippen MR) is 88.7 cm³/mol. The van der Waals surface area contributed by atoms with Gasteiger partial charge >= 0.3 is 0 Å². The van der Waals surface area contributed by atoms with Crippen LogP contribution in [-0.2, 0) is 13.1 Å². The lowest BCUT2D eigenvalue weighted by molar-refractivity contribution is -0.384. The van der Waals surface area contributed by atoms with Crippen molar-refractivity contribution in [2.75, 3.05) is 12.4 Å². The van der Waals surface area contributed by atoms with Crippen LogP contribution < -0.4 is 5.32 Å². The molecule has 0 amide bonds. The first-order valence-corrected chi connectivity index (χ1v) is 7.19. The largest absolute Gasteiger partial charge is 0.346 e. The molecule has 2 aromatic rings. The van der Waals surface area contributed by atoms with E-state index < -0.39 is 4.92 Å². The number of nitro benzene ring substituents is 1. The first kappa shape index (κ1) is 15.9. The van der Waals surface area contributed by atoms with Gasteiger partial charge in [0.15, 0.2) is 5.11 Å². The Morgan fingerprint density at radius 3 is 2.64 bits per heavy atom. The van der Waals surface area contributed by atoms with E-state index in [0.717, 1.165) is 12.2 Å². The molecule has 0 saturated carbocycles. The molecule has 0 bridgehead atoms. The molecule has 0 aliphatic carbocycles. The Morgan fingerprint density at radius 1 is 1.41 bits per heavy atom. The molecule has 0 aliphatic rings. The summed E-state index contributed by atoms with van der Waals surface area (Å²) in [5.74, 6) is 0. The van der Waals surface area contributed by atoms with Gasteiger partial charge in [0, 0.05) is 37.6 Å². The van der Waals surface area contributed by atoms with Gasteiger partial charge in [0.1, 0.15) is 0 Å². The zero-order valence-electron chi connectivity index (χ0n) is 12.4. The highest BCUT2D eigenvalue weighted by Crippen LogP contribution is 2.16. The normalized spacial score (nSPS) is 10.3. The summed E-state index contributed by atoms with van der Waals surface area (Å²) >= 11 is 5.32. The van der Waals surface area contributed by atoms with Gasteiger partial charge in [-0.2, -0.15) is 5.10 Å². The van der Waals surface area contributed by atoms with Gasteiger partial charge in [-0.05, 0) is 37.3 Å². The Morgan fingerprint density at radius 2 is 2.09 bits per heavy atom. The standard InChI is InChI=1S/C14H17N5O2S/c1-3-18-9-8-12(16-18)10-17(2)14(22)15-11-4-6-13(7-5-11)19(20)21/h4-9H,3,10H2,1-2H3,(H,15,22). The maximum absolute atomic E-state index is 10.6. The van der Waals surface area contributed by atoms with Crippen LogP contribution in [0.4, 0.5) is 11.4 Å². The topological polar surface area (TPSA) is 76.2 Å². The van der Waals surface area contributed by atoms with Crippen LogP contribution in [0.5, 0.6) is 0 Å². The van der Waals surface area contributed by atoms with Crippen molar-refractivity contribution in [1.29, 1.82) is 0 Å². The smallest absolute Gasteiger partial charge is 0.269 e. The lowest BCUT2D eigenvalue weighted by atomic mass is 10.3. The Labute approximate surface area is 133 Å². The number of aromatic nitrogens is 2. The van der Waals surface area contributed by atoms with Crippen molar-refractivity contribution in [2.24, 2.45) is 0 Å². The number of non-ortho nitro benzene ring substituents is 1. The molecule has 0 unspecified atom stereocenters. The number of nitro groups is 1. The zero-order chi connectivity index (χ0) is 16.1. The number of benzene rings is 1. The van der Waals surface area contributed by atoms with Gasteiger partial charge in [0.05, 0.1) is 17.2 Å². The number of thiocarbonyl (C=S) groups is 1. The van der Waals surface area contributed by atoms with Crippen LogP contribution in [0, 0.1) is 10.1 Å². The summed E-state index contributed by atoms with van der Waals surface area (Å²) in [7, 11) is 1.87. The van der Waals surface area contributed by atoms with Crippen LogP contribution in [0.1, 0.15) is 12.6 Å². The van der Waals surface area contributed by atoms with Crippen molar-refractivity contribution in [1.82, 2.24) is 14.7 Å². The molecule has 8 heteroatoms. The third kappa shape index (κ3) is 4.01. The summed E-state index contributed by atoms with van der Waals surface area (Å²) in [5, 5.41) is 18.6. The average molecular weight is 319 g/mol. The van der Waals surface area contributed by atoms with Gasteiger partial charge in [-0.25, -0.2) is 0 Å². The Bertz CT molecular complexity index is 668. The van der Waals surface area contributed by atoms with Gasteiger partial charge < -0.3 is 10.2 Å². The predicted octanol–water partition coefficient (Wildman–Crippen LogP) is 2.64. The van der Waals surface area contributed by atoms with Gasteiger partial charge in [-0.1, -0.05) is 0 Å². The minimum absolute atomic E-state index is 0.0509. The van der Waals surface area contributed by atoms with E-state index >= 15 is 0 Å². The third-order valence-corrected chi connectivity index (χ3v) is 3.51. The fourth-order valence-corrected chi connectivity index (χ4v) is 2.05. The van der Waals surface area contributed by atoms with E-state index in [1.165, 1.54) is 12.1 Å². The quantitative estimate of drug-likeness (QED) is 0.519. The molecule has 0 fully saturated rings. The second-order valence-corrected chi connectivity index (χ2v) is 5.14. The van der Waals surface area contributed by atoms with Crippen LogP contribution >= 0.6 is 12.2 Å². The molecule has 1 aromatic carbocycles. The average Bonchev–Trinajstić information content (AvgIpc) is 2.95. The molecule has 1 heterocycles. The van der Waals surface area contributed by atoms with Crippen molar-refractivity contribution in [3.05, 3.63) is 52.3 Å². The Balaban J connectivity index is 1.94. The molecule has 1 N–H and O–H groups in total. The first-order valence-electron chi connectivity index (χ1n) is 6.78. The minimum Gasteiger partial charge on any atom is -0.346 e. The number of hydrogen-bond acceptors (Lipinski definition) is 4. The summed E-state index contributed by atoms with van der Waals surface area (Å²) in [4.78, 5) is 12.0. The summed E-state index contributed by atoms with van der Waals surface area (Å²) in [5.41, 5.74) is 1.69. The molecule has 116 valence electrons. The van der Waals surface area contributed by atoms with E-state index in [9.17, 15) is 10.1 Å². The maximum Gasteiger partial charge on any atom is 0.269 e. The second-order valence-electron chi connectivity index (χ2n) is 4.75. The monoisotopic (exact) mass is 319 g/mol. The highest BCUT2D eigenvalue weighted by atomic mass is 32.1. The van der Waals surface area contributed by atoms with E-state index in [0.29, 0.717) is 17.3 Å². The van der Waals surface area contributed by atoms with Crippen LogP contribution in [0.15, 0.2) is 36.5 Å². The van der Waals surface area contributed by atoms with Crippen LogP contribution in [0.25, 0.3) is 0 Å². The van der Waals surface area contributed by atoms with Gasteiger partial charge in [0.2, 0.25) is 0 Å². The van der Waals surface area contributed by atoms with Crippen molar-refractivity contribution in [3.8, 4) is 0 Å². The van der Waals surface area contributed by atoms with E-state index in [1.54, 1.807) is 12.1 Å². The van der Waals surface area contributed by atoms with Crippen molar-refractivity contribution >= 4 is 28.7 Å². The summed E-state index contributed by atoms with van der Waals surface area (Å²) in [6, 6.07) is 8.09. The van der Waals surface area contributed by atoms with Crippen LogP contribution in [0.2, 0.25) is 0 Å². The molecule has 0 radical (unpaired) electrons. The molecule has 2 rings (SSSR count). The van der Waals surface area contributed by atoms with E-state index in [4.69, 9.17) is 12.2 Å². The fourth-order valence-electron chi connectivity index (χ4n) is 1.86. The molecule has 0 atom stereocenters. The Kier molecular flexibility index (Phi) is 5.05. The van der Waals surface area contributed by atoms with Crippen LogP contribution in [-0.4, -0.2) is 31.8 Å². The second kappa shape index (κ2) is 6.99. The summed E-state index contributed by atoms with van der Waals surface area (Å²) in [6.07, 6.45) is 1.93. The van der Waals surface area contributed by atoms with E-state index in [1.807, 2.05) is 35.8 Å². The minimum atomic E-state index is -0.432. The van der Waals surface area contributed by atoms with Gasteiger partial charge in [-0.15, -0.1) is 0 Å². The fraction of sp³-hybridized carbons (Fsp3) is 0.286. The molecule has 22 heavy (non-hydrogen) atoms. The molecule has 1 aromatic heterocycles. The van der Waals surface area contributed by atoms with Crippen molar-refractivity contribution in [2.45, 2.75) is 20.0 Å². The number of hydrogen-bond donors (Lipinski definition) is 1. The molecular weight excluding hydrogens is 302 g/mol. The number of nitrogens with one attached hydrogen (secondary N) is 1. The highest BCUT2D eigenvalue weighted by molar-refractivity contribution is 7.80. The van der Waals surface area contributed by atoms with Gasteiger partial charge in [0.25, 0.3) is 5.69 Å². The maximum atomic E-state index is 10.6. The number of rotatable bonds is 5. The SMILES string of the molecule is CCn1ccc(CN(C)C(=S)Nc2ccc([N+](=O)[O-])cc2)n1. The summed E-state index contributed by atoms with van der Waals surface area (Å²) < 4.78 is 1.86. The molecule has 0 spiro atoms. The molecular formula is C14H17N5O2S. The van der Waals surface area contributed by atoms with Gasteiger partial charge in [-0.3, -0.25) is 14.8 Å². The number of nitrogens with zero attached hydrogens (tertiary/aromatic N) is 4. The Hall–Kier alpha value is -2.48. The van der Waals surface area contributed by atoms with Crippen molar-refractivity contribution < 1.29 is 4.92 Å². The molecule has 7 nitrogen and oxygen atoms in total. The third-order valence-electron chi connectivity index (χ3n) is 3.10. The highest BCUT2D eigenvalue weighted by Gasteiger charge is 2.09.